The summed E-state index contributed by atoms with van der Waals surface area (Å²) in [6.07, 6.45) is 4.42. The van der Waals surface area contributed by atoms with Crippen molar-refractivity contribution in [2.24, 2.45) is 10.7 Å². The average molecular weight is 286 g/mol. The van der Waals surface area contributed by atoms with Crippen molar-refractivity contribution in [1.82, 2.24) is 10.2 Å². The highest BCUT2D eigenvalue weighted by atomic mass is 16.5. The zero-order valence-electron chi connectivity index (χ0n) is 12.8. The summed E-state index contributed by atoms with van der Waals surface area (Å²) < 4.78 is 10.3. The molecule has 6 nitrogen and oxygen atoms in total. The summed E-state index contributed by atoms with van der Waals surface area (Å²) in [6.45, 7) is 7.40. The van der Waals surface area contributed by atoms with Gasteiger partial charge in [-0.05, 0) is 25.7 Å². The lowest BCUT2D eigenvalue weighted by molar-refractivity contribution is 0.0377. The van der Waals surface area contributed by atoms with E-state index in [1.54, 1.807) is 7.11 Å². The number of hydrogen-bond acceptors (Lipinski definition) is 4. The van der Waals surface area contributed by atoms with Gasteiger partial charge in [-0.3, -0.25) is 9.89 Å². The molecule has 20 heavy (non-hydrogen) atoms. The fourth-order valence-electron chi connectivity index (χ4n) is 2.14. The monoisotopic (exact) mass is 286 g/mol. The van der Waals surface area contributed by atoms with Crippen LogP contribution in [-0.4, -0.2) is 70.5 Å². The Morgan fingerprint density at radius 3 is 2.80 bits per heavy atom. The molecule has 118 valence electrons. The predicted octanol–water partition coefficient (Wildman–Crippen LogP) is 0.430. The quantitative estimate of drug-likeness (QED) is 0.346. The van der Waals surface area contributed by atoms with E-state index < -0.39 is 0 Å². The van der Waals surface area contributed by atoms with Gasteiger partial charge in [0.15, 0.2) is 5.96 Å². The van der Waals surface area contributed by atoms with Crippen molar-refractivity contribution in [3.05, 3.63) is 0 Å². The molecule has 0 bridgehead atoms. The zero-order valence-corrected chi connectivity index (χ0v) is 12.8. The molecular formula is C14H30N4O2. The second-order valence-electron chi connectivity index (χ2n) is 5.05. The fraction of sp³-hybridized carbons (Fsp3) is 0.929. The maximum absolute atomic E-state index is 5.81. The van der Waals surface area contributed by atoms with E-state index in [0.29, 0.717) is 5.96 Å². The van der Waals surface area contributed by atoms with E-state index in [-0.39, 0.29) is 0 Å². The van der Waals surface area contributed by atoms with Gasteiger partial charge in [-0.25, -0.2) is 0 Å². The smallest absolute Gasteiger partial charge is 0.188 e. The first-order valence-corrected chi connectivity index (χ1v) is 7.66. The number of nitrogens with two attached hydrogens (primary N) is 1. The SMILES string of the molecule is COCCCCCNC(N)=NCCCN1CCOCC1. The van der Waals surface area contributed by atoms with Crippen molar-refractivity contribution in [1.29, 1.82) is 0 Å². The van der Waals surface area contributed by atoms with E-state index in [1.807, 2.05) is 0 Å². The molecule has 0 radical (unpaired) electrons. The van der Waals surface area contributed by atoms with Gasteiger partial charge < -0.3 is 20.5 Å². The summed E-state index contributed by atoms with van der Waals surface area (Å²) in [5.74, 6) is 0.568. The molecule has 0 unspecified atom stereocenters. The van der Waals surface area contributed by atoms with Crippen LogP contribution in [0, 0.1) is 0 Å². The van der Waals surface area contributed by atoms with Gasteiger partial charge in [0, 0.05) is 46.4 Å². The van der Waals surface area contributed by atoms with Crippen LogP contribution in [-0.2, 0) is 9.47 Å². The van der Waals surface area contributed by atoms with E-state index in [1.165, 1.54) is 0 Å². The molecule has 1 aliphatic heterocycles. The van der Waals surface area contributed by atoms with Crippen molar-refractivity contribution >= 4 is 5.96 Å². The number of morpholine rings is 1. The summed E-state index contributed by atoms with van der Waals surface area (Å²) >= 11 is 0. The third kappa shape index (κ3) is 9.12. The molecule has 6 heteroatoms. The molecule has 0 amide bonds. The Bertz CT molecular complexity index is 256. The van der Waals surface area contributed by atoms with Gasteiger partial charge >= 0.3 is 0 Å². The molecule has 1 heterocycles. The maximum atomic E-state index is 5.81. The zero-order chi connectivity index (χ0) is 14.5. The van der Waals surface area contributed by atoms with Crippen LogP contribution in [0.1, 0.15) is 25.7 Å². The Morgan fingerprint density at radius 1 is 1.25 bits per heavy atom. The second kappa shape index (κ2) is 11.9. The summed E-state index contributed by atoms with van der Waals surface area (Å²) in [4.78, 5) is 6.76. The van der Waals surface area contributed by atoms with Gasteiger partial charge in [0.05, 0.1) is 13.2 Å². The molecule has 3 N–H and O–H groups in total. The fourth-order valence-corrected chi connectivity index (χ4v) is 2.14. The molecule has 1 aliphatic rings. The minimum atomic E-state index is 0.568. The minimum absolute atomic E-state index is 0.568. The van der Waals surface area contributed by atoms with Crippen molar-refractivity contribution in [3.8, 4) is 0 Å². The first-order valence-electron chi connectivity index (χ1n) is 7.66. The summed E-state index contributed by atoms with van der Waals surface area (Å²) in [7, 11) is 1.74. The third-order valence-corrected chi connectivity index (χ3v) is 3.35. The minimum Gasteiger partial charge on any atom is -0.385 e. The van der Waals surface area contributed by atoms with Gasteiger partial charge in [-0.1, -0.05) is 0 Å². The predicted molar refractivity (Wildman–Crippen MR) is 82.1 cm³/mol. The lowest BCUT2D eigenvalue weighted by Gasteiger charge is -2.26. The molecule has 0 aliphatic carbocycles. The van der Waals surface area contributed by atoms with Crippen LogP contribution in [0.2, 0.25) is 0 Å². The van der Waals surface area contributed by atoms with Crippen LogP contribution in [0.5, 0.6) is 0 Å². The average Bonchev–Trinajstić information content (AvgIpc) is 2.48. The number of unbranched alkanes of at least 4 members (excludes halogenated alkanes) is 2. The van der Waals surface area contributed by atoms with Gasteiger partial charge in [-0.2, -0.15) is 0 Å². The van der Waals surface area contributed by atoms with Crippen molar-refractivity contribution in [2.45, 2.75) is 25.7 Å². The molecule has 0 atom stereocenters. The molecule has 1 saturated heterocycles. The van der Waals surface area contributed by atoms with Gasteiger partial charge in [0.25, 0.3) is 0 Å². The highest BCUT2D eigenvalue weighted by Crippen LogP contribution is 1.98. The lowest BCUT2D eigenvalue weighted by atomic mass is 10.2. The number of nitrogens with one attached hydrogen (secondary N) is 1. The highest BCUT2D eigenvalue weighted by molar-refractivity contribution is 5.77. The molecule has 0 spiro atoms. The van der Waals surface area contributed by atoms with E-state index >= 15 is 0 Å². The summed E-state index contributed by atoms with van der Waals surface area (Å²) in [5.41, 5.74) is 5.81. The number of guanidine groups is 1. The van der Waals surface area contributed by atoms with Gasteiger partial charge in [-0.15, -0.1) is 0 Å². The number of rotatable bonds is 10. The molecule has 0 saturated carbocycles. The first-order chi connectivity index (χ1) is 9.83. The lowest BCUT2D eigenvalue weighted by Crippen LogP contribution is -2.37. The van der Waals surface area contributed by atoms with Crippen LogP contribution in [0.4, 0.5) is 0 Å². The summed E-state index contributed by atoms with van der Waals surface area (Å²) in [5, 5.41) is 3.15. The van der Waals surface area contributed by atoms with Crippen molar-refractivity contribution in [3.63, 3.8) is 0 Å². The van der Waals surface area contributed by atoms with Crippen molar-refractivity contribution < 1.29 is 9.47 Å². The van der Waals surface area contributed by atoms with Crippen LogP contribution in [0.15, 0.2) is 4.99 Å². The van der Waals surface area contributed by atoms with Crippen LogP contribution in [0.25, 0.3) is 0 Å². The van der Waals surface area contributed by atoms with E-state index in [9.17, 15) is 0 Å². The number of aliphatic imine (C=N–C) groups is 1. The molecule has 0 aromatic carbocycles. The molecule has 0 aromatic rings. The van der Waals surface area contributed by atoms with E-state index in [2.05, 4.69) is 15.2 Å². The maximum Gasteiger partial charge on any atom is 0.188 e. The number of nitrogens with zero attached hydrogens (tertiary/aromatic N) is 2. The highest BCUT2D eigenvalue weighted by Gasteiger charge is 2.08. The van der Waals surface area contributed by atoms with Crippen LogP contribution < -0.4 is 11.1 Å². The molecular weight excluding hydrogens is 256 g/mol. The Labute approximate surface area is 122 Å². The normalized spacial score (nSPS) is 17.4. The van der Waals surface area contributed by atoms with Crippen LogP contribution in [0.3, 0.4) is 0 Å². The Balaban J connectivity index is 1.92. The first kappa shape index (κ1) is 17.2. The third-order valence-electron chi connectivity index (χ3n) is 3.35. The molecule has 0 aromatic heterocycles. The molecule has 1 fully saturated rings. The van der Waals surface area contributed by atoms with Crippen molar-refractivity contribution in [2.75, 3.05) is 59.7 Å². The summed E-state index contributed by atoms with van der Waals surface area (Å²) in [6, 6.07) is 0. The number of ether oxygens (including phenoxy) is 2. The largest absolute Gasteiger partial charge is 0.385 e. The number of hydrogen-bond donors (Lipinski definition) is 2. The van der Waals surface area contributed by atoms with E-state index in [0.717, 1.165) is 78.2 Å². The second-order valence-corrected chi connectivity index (χ2v) is 5.05. The topological polar surface area (TPSA) is 72.1 Å². The Hall–Kier alpha value is -0.850. The van der Waals surface area contributed by atoms with Gasteiger partial charge in [0.1, 0.15) is 0 Å². The van der Waals surface area contributed by atoms with Crippen LogP contribution >= 0.6 is 0 Å². The standard InChI is InChI=1S/C14H30N4O2/c1-19-11-4-2-3-6-16-14(15)17-7-5-8-18-9-12-20-13-10-18/h2-13H2,1H3,(H3,15,16,17). The molecule has 1 rings (SSSR count). The Morgan fingerprint density at radius 2 is 2.05 bits per heavy atom. The Kier molecular flexibility index (Phi) is 10.3. The van der Waals surface area contributed by atoms with Gasteiger partial charge in [0.2, 0.25) is 0 Å². The number of methoxy groups -OCH3 is 1. The van der Waals surface area contributed by atoms with E-state index in [4.69, 9.17) is 15.2 Å².